The van der Waals surface area contributed by atoms with Crippen LogP contribution in [0.5, 0.6) is 0 Å². The first-order valence-corrected chi connectivity index (χ1v) is 9.08. The molecule has 1 aromatic carbocycles. The van der Waals surface area contributed by atoms with Gasteiger partial charge in [0.1, 0.15) is 5.60 Å². The predicted octanol–water partition coefficient (Wildman–Crippen LogP) is 1.56. The predicted molar refractivity (Wildman–Crippen MR) is 91.5 cm³/mol. The van der Waals surface area contributed by atoms with Gasteiger partial charge in [-0.1, -0.05) is 42.0 Å². The summed E-state index contributed by atoms with van der Waals surface area (Å²) in [5.41, 5.74) is 1.69. The summed E-state index contributed by atoms with van der Waals surface area (Å²) < 4.78 is 6.14. The standard InChI is InChI=1S/C20H22N2O3/c1-12-2-4-13(5-3-12)10-22-11-20-9-8-15(25-20)16(17(20)19(22)24)18(23)21-14-6-7-14/h2-5,8-9,14-17H,6-7,10-11H2,1H3,(H,21,23). The lowest BCUT2D eigenvalue weighted by molar-refractivity contribution is -0.137. The molecule has 0 radical (unpaired) electrons. The summed E-state index contributed by atoms with van der Waals surface area (Å²) in [5.74, 6) is -0.745. The van der Waals surface area contributed by atoms with Crippen LogP contribution in [0.25, 0.3) is 0 Å². The Morgan fingerprint density at radius 3 is 2.80 bits per heavy atom. The summed E-state index contributed by atoms with van der Waals surface area (Å²) >= 11 is 0. The van der Waals surface area contributed by atoms with Crippen molar-refractivity contribution in [3.05, 3.63) is 47.5 Å². The molecular formula is C20H22N2O3. The largest absolute Gasteiger partial charge is 0.360 e. The number of likely N-dealkylation sites (tertiary alicyclic amines) is 1. The van der Waals surface area contributed by atoms with Crippen LogP contribution in [0, 0.1) is 18.8 Å². The fourth-order valence-corrected chi connectivity index (χ4v) is 4.45. The van der Waals surface area contributed by atoms with Crippen LogP contribution in [0.1, 0.15) is 24.0 Å². The Balaban J connectivity index is 1.38. The zero-order valence-corrected chi connectivity index (χ0v) is 14.3. The zero-order chi connectivity index (χ0) is 17.2. The Kier molecular flexibility index (Phi) is 3.14. The number of hydrogen-bond acceptors (Lipinski definition) is 3. The van der Waals surface area contributed by atoms with Crippen LogP contribution in [0.3, 0.4) is 0 Å². The van der Waals surface area contributed by atoms with E-state index in [-0.39, 0.29) is 29.8 Å². The van der Waals surface area contributed by atoms with E-state index in [0.717, 1.165) is 18.4 Å². The summed E-state index contributed by atoms with van der Waals surface area (Å²) in [7, 11) is 0. The van der Waals surface area contributed by atoms with Crippen molar-refractivity contribution in [3.8, 4) is 0 Å². The highest BCUT2D eigenvalue weighted by molar-refractivity contribution is 5.93. The summed E-state index contributed by atoms with van der Waals surface area (Å²) in [6.45, 7) is 3.15. The number of ether oxygens (including phenoxy) is 1. The Morgan fingerprint density at radius 2 is 2.08 bits per heavy atom. The fraction of sp³-hybridized carbons (Fsp3) is 0.500. The number of fused-ring (bicyclic) bond motifs is 1. The van der Waals surface area contributed by atoms with Crippen LogP contribution in [0.15, 0.2) is 36.4 Å². The van der Waals surface area contributed by atoms with Crippen LogP contribution in [0.4, 0.5) is 0 Å². The number of nitrogens with one attached hydrogen (secondary N) is 1. The van der Waals surface area contributed by atoms with E-state index >= 15 is 0 Å². The molecule has 4 unspecified atom stereocenters. The number of rotatable bonds is 4. The fourth-order valence-electron chi connectivity index (χ4n) is 4.45. The molecule has 0 aromatic heterocycles. The van der Waals surface area contributed by atoms with E-state index in [1.54, 1.807) is 0 Å². The number of benzene rings is 1. The van der Waals surface area contributed by atoms with Crippen molar-refractivity contribution < 1.29 is 14.3 Å². The molecule has 5 nitrogen and oxygen atoms in total. The lowest BCUT2D eigenvalue weighted by Gasteiger charge is -2.23. The van der Waals surface area contributed by atoms with Crippen molar-refractivity contribution in [2.45, 2.75) is 44.1 Å². The molecule has 1 N–H and O–H groups in total. The average Bonchev–Trinajstić information content (AvgIpc) is 3.13. The maximum atomic E-state index is 13.1. The number of hydrogen-bond donors (Lipinski definition) is 1. The highest BCUT2D eigenvalue weighted by atomic mass is 16.5. The van der Waals surface area contributed by atoms with E-state index in [4.69, 9.17) is 4.74 Å². The van der Waals surface area contributed by atoms with Crippen molar-refractivity contribution in [1.29, 1.82) is 0 Å². The highest BCUT2D eigenvalue weighted by Gasteiger charge is 2.66. The molecule has 4 aliphatic rings. The minimum absolute atomic E-state index is 0.0192. The quantitative estimate of drug-likeness (QED) is 0.848. The molecule has 25 heavy (non-hydrogen) atoms. The van der Waals surface area contributed by atoms with Gasteiger partial charge in [0.15, 0.2) is 0 Å². The van der Waals surface area contributed by atoms with Crippen LogP contribution in [-0.4, -0.2) is 41.0 Å². The minimum Gasteiger partial charge on any atom is -0.360 e. The molecule has 5 rings (SSSR count). The number of aryl methyl sites for hydroxylation is 1. The normalized spacial score (nSPS) is 35.3. The van der Waals surface area contributed by atoms with Gasteiger partial charge in [0.25, 0.3) is 0 Å². The lowest BCUT2D eigenvalue weighted by atomic mass is 9.77. The van der Waals surface area contributed by atoms with Crippen molar-refractivity contribution in [1.82, 2.24) is 10.2 Å². The Labute approximate surface area is 147 Å². The first kappa shape index (κ1) is 15.1. The van der Waals surface area contributed by atoms with Crippen molar-refractivity contribution in [2.24, 2.45) is 11.8 Å². The maximum Gasteiger partial charge on any atom is 0.230 e. The third-order valence-corrected chi connectivity index (χ3v) is 5.90. The SMILES string of the molecule is Cc1ccc(CN2CC34C=CC(O3)C(C(=O)NC3CC3)C4C2=O)cc1. The van der Waals surface area contributed by atoms with Crippen molar-refractivity contribution in [3.63, 3.8) is 0 Å². The minimum atomic E-state index is -0.613. The average molecular weight is 338 g/mol. The Morgan fingerprint density at radius 1 is 1.32 bits per heavy atom. The molecule has 5 heteroatoms. The molecule has 1 saturated carbocycles. The molecule has 2 amide bonds. The molecule has 1 aliphatic carbocycles. The summed E-state index contributed by atoms with van der Waals surface area (Å²) in [6.07, 6.45) is 5.81. The molecule has 3 aliphatic heterocycles. The lowest BCUT2D eigenvalue weighted by Crippen LogP contribution is -2.44. The van der Waals surface area contributed by atoms with Gasteiger partial charge in [-0.3, -0.25) is 9.59 Å². The zero-order valence-electron chi connectivity index (χ0n) is 14.3. The van der Waals surface area contributed by atoms with Crippen LogP contribution in [-0.2, 0) is 20.9 Å². The van der Waals surface area contributed by atoms with Gasteiger partial charge < -0.3 is 15.0 Å². The summed E-state index contributed by atoms with van der Waals surface area (Å²) in [6, 6.07) is 8.53. The molecule has 4 atom stereocenters. The smallest absolute Gasteiger partial charge is 0.230 e. The highest BCUT2D eigenvalue weighted by Crippen LogP contribution is 2.52. The Hall–Kier alpha value is -2.14. The van der Waals surface area contributed by atoms with Crippen molar-refractivity contribution >= 4 is 11.8 Å². The van der Waals surface area contributed by atoms with Crippen LogP contribution >= 0.6 is 0 Å². The van der Waals surface area contributed by atoms with Gasteiger partial charge in [0.05, 0.1) is 24.5 Å². The van der Waals surface area contributed by atoms with Crippen LogP contribution < -0.4 is 5.32 Å². The Bertz CT molecular complexity index is 768. The van der Waals surface area contributed by atoms with E-state index in [1.807, 2.05) is 17.1 Å². The third-order valence-electron chi connectivity index (χ3n) is 5.90. The summed E-state index contributed by atoms with van der Waals surface area (Å²) in [4.78, 5) is 27.6. The first-order chi connectivity index (χ1) is 12.1. The molecule has 3 heterocycles. The van der Waals surface area contributed by atoms with E-state index < -0.39 is 5.60 Å². The van der Waals surface area contributed by atoms with Gasteiger partial charge in [-0.2, -0.15) is 0 Å². The van der Waals surface area contributed by atoms with E-state index in [9.17, 15) is 9.59 Å². The van der Waals surface area contributed by atoms with Crippen LogP contribution in [0.2, 0.25) is 0 Å². The second kappa shape index (κ2) is 5.18. The molecule has 130 valence electrons. The molecule has 2 saturated heterocycles. The van der Waals surface area contributed by atoms with E-state index in [0.29, 0.717) is 19.1 Å². The molecule has 1 aromatic rings. The van der Waals surface area contributed by atoms with Gasteiger partial charge >= 0.3 is 0 Å². The second-order valence-electron chi connectivity index (χ2n) is 7.86. The first-order valence-electron chi connectivity index (χ1n) is 9.08. The number of amides is 2. The molecular weight excluding hydrogens is 316 g/mol. The van der Waals surface area contributed by atoms with Gasteiger partial charge in [0, 0.05) is 12.6 Å². The molecule has 1 spiro atoms. The monoisotopic (exact) mass is 338 g/mol. The number of carbonyl (C=O) groups excluding carboxylic acids is 2. The van der Waals surface area contributed by atoms with E-state index in [1.165, 1.54) is 5.56 Å². The number of nitrogens with zero attached hydrogens (tertiary/aromatic N) is 1. The maximum absolute atomic E-state index is 13.1. The van der Waals surface area contributed by atoms with Gasteiger partial charge in [0.2, 0.25) is 11.8 Å². The third kappa shape index (κ3) is 2.33. The van der Waals surface area contributed by atoms with Gasteiger partial charge in [-0.05, 0) is 25.3 Å². The van der Waals surface area contributed by atoms with Gasteiger partial charge in [-0.15, -0.1) is 0 Å². The molecule has 3 fully saturated rings. The second-order valence-corrected chi connectivity index (χ2v) is 7.86. The van der Waals surface area contributed by atoms with Gasteiger partial charge in [-0.25, -0.2) is 0 Å². The van der Waals surface area contributed by atoms with Crippen molar-refractivity contribution in [2.75, 3.05) is 6.54 Å². The topological polar surface area (TPSA) is 58.6 Å². The molecule has 2 bridgehead atoms. The number of carbonyl (C=O) groups is 2. The van der Waals surface area contributed by atoms with E-state index in [2.05, 4.69) is 36.5 Å². The summed E-state index contributed by atoms with van der Waals surface area (Å²) in [5, 5.41) is 3.06.